The van der Waals surface area contributed by atoms with E-state index in [4.69, 9.17) is 0 Å². The van der Waals surface area contributed by atoms with Gasteiger partial charge in [-0.2, -0.15) is 10.2 Å². The van der Waals surface area contributed by atoms with Gasteiger partial charge in [0.05, 0.1) is 31.0 Å². The normalized spacial score (nSPS) is 24.3. The van der Waals surface area contributed by atoms with Gasteiger partial charge in [-0.25, -0.2) is 13.8 Å². The predicted octanol–water partition coefficient (Wildman–Crippen LogP) is 3.61. The molecule has 0 amide bonds. The summed E-state index contributed by atoms with van der Waals surface area (Å²) < 4.78 is 27.8. The highest BCUT2D eigenvalue weighted by molar-refractivity contribution is 5.98. The van der Waals surface area contributed by atoms with Crippen molar-refractivity contribution in [2.45, 2.75) is 51.1 Å². The Bertz CT molecular complexity index is 1220. The molecule has 0 aromatic carbocycles. The van der Waals surface area contributed by atoms with Gasteiger partial charge in [0.1, 0.15) is 5.84 Å². The summed E-state index contributed by atoms with van der Waals surface area (Å²) in [7, 11) is 0. The van der Waals surface area contributed by atoms with Crippen LogP contribution in [0.25, 0.3) is 5.57 Å². The number of halogens is 2. The monoisotopic (exact) mass is 480 g/mol. The van der Waals surface area contributed by atoms with Gasteiger partial charge in [-0.1, -0.05) is 13.8 Å². The maximum absolute atomic E-state index is 13.0. The van der Waals surface area contributed by atoms with Crippen molar-refractivity contribution < 1.29 is 8.78 Å². The number of rotatable bonds is 7. The van der Waals surface area contributed by atoms with Crippen LogP contribution in [0.4, 0.5) is 14.6 Å². The summed E-state index contributed by atoms with van der Waals surface area (Å²) in [5.74, 6) is -0.906. The van der Waals surface area contributed by atoms with Crippen LogP contribution in [0.15, 0.2) is 59.8 Å². The zero-order chi connectivity index (χ0) is 24.6. The smallest absolute Gasteiger partial charge is 0.272 e. The zero-order valence-electron chi connectivity index (χ0n) is 20.2. The molecule has 0 radical (unpaired) electrons. The van der Waals surface area contributed by atoms with E-state index in [2.05, 4.69) is 63.8 Å². The quantitative estimate of drug-likeness (QED) is 0.630. The molecule has 1 atom stereocenters. The lowest BCUT2D eigenvalue weighted by molar-refractivity contribution is -0.130. The van der Waals surface area contributed by atoms with Gasteiger partial charge in [-0.05, 0) is 49.1 Å². The molecule has 8 nitrogen and oxygen atoms in total. The third kappa shape index (κ3) is 5.17. The number of allylic oxidation sites excluding steroid dienone is 2. The van der Waals surface area contributed by atoms with Crippen molar-refractivity contribution in [3.63, 3.8) is 0 Å². The van der Waals surface area contributed by atoms with Crippen molar-refractivity contribution in [2.24, 2.45) is 4.99 Å². The molecule has 2 aromatic heterocycles. The van der Waals surface area contributed by atoms with Crippen molar-refractivity contribution in [1.82, 2.24) is 35.5 Å². The maximum Gasteiger partial charge on any atom is 0.272 e. The van der Waals surface area contributed by atoms with Crippen molar-refractivity contribution in [1.29, 1.82) is 0 Å². The number of likely N-dealkylation sites (tertiary alicyclic amines) is 1. The van der Waals surface area contributed by atoms with Gasteiger partial charge in [0.25, 0.3) is 5.92 Å². The van der Waals surface area contributed by atoms with Gasteiger partial charge < -0.3 is 10.6 Å². The van der Waals surface area contributed by atoms with E-state index in [1.807, 2.05) is 35.4 Å². The predicted molar refractivity (Wildman–Crippen MR) is 131 cm³/mol. The number of amidine groups is 1. The van der Waals surface area contributed by atoms with Gasteiger partial charge in [-0.3, -0.25) is 9.58 Å². The number of hydrogen-bond acceptors (Lipinski definition) is 6. The molecule has 184 valence electrons. The number of aliphatic imine (C=N–C) groups is 1. The molecule has 5 rings (SSSR count). The van der Waals surface area contributed by atoms with E-state index in [1.54, 1.807) is 11.1 Å². The molecule has 2 N–H and O–H groups in total. The Morgan fingerprint density at radius 1 is 1.20 bits per heavy atom. The molecule has 1 fully saturated rings. The van der Waals surface area contributed by atoms with Crippen LogP contribution in [0.3, 0.4) is 0 Å². The van der Waals surface area contributed by atoms with E-state index in [-0.39, 0.29) is 18.6 Å². The third-order valence-electron chi connectivity index (χ3n) is 6.53. The molecule has 5 heterocycles. The van der Waals surface area contributed by atoms with E-state index >= 15 is 0 Å². The molecule has 3 aliphatic rings. The van der Waals surface area contributed by atoms with Crippen molar-refractivity contribution >= 4 is 17.2 Å². The Morgan fingerprint density at radius 2 is 2.03 bits per heavy atom. The van der Waals surface area contributed by atoms with E-state index in [9.17, 15) is 8.78 Å². The minimum absolute atomic E-state index is 0.134. The first-order chi connectivity index (χ1) is 16.7. The van der Waals surface area contributed by atoms with Crippen LogP contribution in [-0.2, 0) is 6.54 Å². The molecule has 35 heavy (non-hydrogen) atoms. The first kappa shape index (κ1) is 23.3. The van der Waals surface area contributed by atoms with E-state index in [0.29, 0.717) is 30.7 Å². The molecule has 3 aliphatic heterocycles. The van der Waals surface area contributed by atoms with E-state index < -0.39 is 5.92 Å². The van der Waals surface area contributed by atoms with Gasteiger partial charge in [0.2, 0.25) is 0 Å². The summed E-state index contributed by atoms with van der Waals surface area (Å²) in [6.45, 7) is 7.38. The minimum atomic E-state index is -2.51. The second-order valence-corrected chi connectivity index (χ2v) is 9.87. The topological polar surface area (TPSA) is 83.3 Å². The van der Waals surface area contributed by atoms with Crippen molar-refractivity contribution in [2.75, 3.05) is 19.6 Å². The highest BCUT2D eigenvalue weighted by atomic mass is 19.3. The summed E-state index contributed by atoms with van der Waals surface area (Å²) in [5.41, 5.74) is 3.66. The van der Waals surface area contributed by atoms with Crippen molar-refractivity contribution in [3.05, 3.63) is 65.9 Å². The van der Waals surface area contributed by atoms with Crippen LogP contribution in [-0.4, -0.2) is 61.8 Å². The van der Waals surface area contributed by atoms with Gasteiger partial charge >= 0.3 is 0 Å². The molecule has 1 saturated heterocycles. The molecule has 1 unspecified atom stereocenters. The molecule has 10 heteroatoms. The third-order valence-corrected chi connectivity index (χ3v) is 6.53. The summed E-state index contributed by atoms with van der Waals surface area (Å²) in [4.78, 5) is 6.42. The average Bonchev–Trinajstić information content (AvgIpc) is 3.27. The second-order valence-electron chi connectivity index (χ2n) is 9.87. The van der Waals surface area contributed by atoms with Gasteiger partial charge in [0, 0.05) is 42.3 Å². The lowest BCUT2D eigenvalue weighted by Gasteiger charge is -2.38. The minimum Gasteiger partial charge on any atom is -0.377 e. The van der Waals surface area contributed by atoms with E-state index in [0.717, 1.165) is 28.8 Å². The second kappa shape index (κ2) is 8.99. The number of nitrogens with one attached hydrogen (secondary N) is 2. The number of aryl methyl sites for hydroxylation is 1. The van der Waals surface area contributed by atoms with Crippen LogP contribution in [0.5, 0.6) is 0 Å². The molecule has 2 aromatic rings. The number of alkyl halides is 2. The summed E-state index contributed by atoms with van der Waals surface area (Å²) in [6.07, 6.45) is 14.5. The lowest BCUT2D eigenvalue weighted by atomic mass is 9.89. The fourth-order valence-corrected chi connectivity index (χ4v) is 4.33. The number of hydrogen-bond donors (Lipinski definition) is 2. The molecule has 0 bridgehead atoms. The summed E-state index contributed by atoms with van der Waals surface area (Å²) >= 11 is 0. The Labute approximate surface area is 203 Å². The highest BCUT2D eigenvalue weighted by Crippen LogP contribution is 2.30. The number of nitrogens with zero attached hydrogens (tertiary/aromatic N) is 6. The highest BCUT2D eigenvalue weighted by Gasteiger charge is 2.43. The number of dihydropyridines is 1. The van der Waals surface area contributed by atoms with Crippen LogP contribution < -0.4 is 10.6 Å². The standard InChI is InChI=1S/C25H30F2N8/c1-17(2)18-10-23(33-29-12-18)32-22-5-6-24(3)21(31-22)9-19(11-28-24)20-13-30-35(14-20)8-4-7-34-15-25(26,27)16-34/h5-6,9-14,17,28H,4,7-8,15-16H2,1-3H3,(H,31,32,33). The molecular formula is C25H30F2N8. The molecule has 0 aliphatic carbocycles. The molecule has 0 saturated carbocycles. The van der Waals surface area contributed by atoms with E-state index in [1.165, 1.54) is 0 Å². The summed E-state index contributed by atoms with van der Waals surface area (Å²) in [6, 6.07) is 1.95. The average molecular weight is 481 g/mol. The Kier molecular flexibility index (Phi) is 6.00. The van der Waals surface area contributed by atoms with Gasteiger partial charge in [-0.15, -0.1) is 5.10 Å². The number of aromatic nitrogens is 4. The van der Waals surface area contributed by atoms with Gasteiger partial charge in [0.15, 0.2) is 5.82 Å². The first-order valence-electron chi connectivity index (χ1n) is 11.9. The zero-order valence-corrected chi connectivity index (χ0v) is 20.2. The fraction of sp³-hybridized carbons (Fsp3) is 0.440. The first-order valence-corrected chi connectivity index (χ1v) is 11.9. The molecular weight excluding hydrogens is 450 g/mol. The van der Waals surface area contributed by atoms with Crippen molar-refractivity contribution in [3.8, 4) is 0 Å². The Morgan fingerprint density at radius 3 is 2.80 bits per heavy atom. The SMILES string of the molecule is CC(C)c1cnnc(N=C2C=CC3(C)NC=C(c4cnn(CCCN5CC(F)(F)C5)c4)C=C3N2)c1. The van der Waals surface area contributed by atoms with Crippen LogP contribution >= 0.6 is 0 Å². The van der Waals surface area contributed by atoms with Crippen LogP contribution in [0.1, 0.15) is 44.2 Å². The lowest BCUT2D eigenvalue weighted by Crippen LogP contribution is -2.56. The van der Waals surface area contributed by atoms with Crippen LogP contribution in [0.2, 0.25) is 0 Å². The maximum atomic E-state index is 13.0. The Hall–Kier alpha value is -3.40. The number of fused-ring (bicyclic) bond motifs is 1. The fourth-order valence-electron chi connectivity index (χ4n) is 4.33. The van der Waals surface area contributed by atoms with Crippen LogP contribution in [0, 0.1) is 0 Å². The molecule has 0 spiro atoms. The summed E-state index contributed by atoms with van der Waals surface area (Å²) in [5, 5.41) is 19.6. The largest absolute Gasteiger partial charge is 0.377 e. The Balaban J connectivity index is 1.25.